The Kier molecular flexibility index (Phi) is 5.25. The molecule has 3 rings (SSSR count). The number of carbonyl (C=O) groups excluding carboxylic acids is 1. The summed E-state index contributed by atoms with van der Waals surface area (Å²) in [5.74, 6) is -0.107. The fourth-order valence-corrected chi connectivity index (χ4v) is 3.43. The summed E-state index contributed by atoms with van der Waals surface area (Å²) in [7, 11) is 0. The van der Waals surface area contributed by atoms with Crippen LogP contribution in [0.1, 0.15) is 11.1 Å². The molecule has 2 aromatic heterocycles. The van der Waals surface area contributed by atoms with Crippen molar-refractivity contribution in [1.82, 2.24) is 14.7 Å². The predicted molar refractivity (Wildman–Crippen MR) is 90.8 cm³/mol. The second-order valence-electron chi connectivity index (χ2n) is 5.79. The molecule has 3 heterocycles. The number of rotatable bonds is 5. The SMILES string of the molecule is Cc1cnn(C[C@@H]2CN(CC(=O)Nc3sccc3C#N)CCO2)c1. The van der Waals surface area contributed by atoms with Gasteiger partial charge in [-0.3, -0.25) is 14.4 Å². The standard InChI is InChI=1S/C16H19N5O2S/c1-12-7-18-21(8-12)10-14-9-20(3-4-23-14)11-15(22)19-16-13(6-17)2-5-24-16/h2,5,7-8,14H,3-4,9-11H2,1H3,(H,19,22)/t14-/m0/s1. The van der Waals surface area contributed by atoms with Crippen molar-refractivity contribution in [3.8, 4) is 6.07 Å². The van der Waals surface area contributed by atoms with Crippen LogP contribution in [0.15, 0.2) is 23.8 Å². The first-order chi connectivity index (χ1) is 11.6. The normalized spacial score (nSPS) is 18.2. The van der Waals surface area contributed by atoms with Gasteiger partial charge >= 0.3 is 0 Å². The smallest absolute Gasteiger partial charge is 0.239 e. The van der Waals surface area contributed by atoms with E-state index in [1.54, 1.807) is 11.4 Å². The summed E-state index contributed by atoms with van der Waals surface area (Å²) in [4.78, 5) is 14.3. The Labute approximate surface area is 144 Å². The number of amides is 1. The van der Waals surface area contributed by atoms with Gasteiger partial charge in [0.25, 0.3) is 0 Å². The number of carbonyl (C=O) groups is 1. The molecule has 1 N–H and O–H groups in total. The van der Waals surface area contributed by atoms with E-state index in [1.165, 1.54) is 11.3 Å². The number of nitrogens with one attached hydrogen (secondary N) is 1. The fraction of sp³-hybridized carbons (Fsp3) is 0.438. The van der Waals surface area contributed by atoms with E-state index in [2.05, 4.69) is 21.4 Å². The van der Waals surface area contributed by atoms with E-state index >= 15 is 0 Å². The van der Waals surface area contributed by atoms with Gasteiger partial charge in [0, 0.05) is 19.3 Å². The first kappa shape index (κ1) is 16.6. The maximum Gasteiger partial charge on any atom is 0.239 e. The van der Waals surface area contributed by atoms with Crippen LogP contribution in [-0.2, 0) is 16.1 Å². The van der Waals surface area contributed by atoms with Crippen LogP contribution in [0, 0.1) is 18.3 Å². The van der Waals surface area contributed by atoms with Crippen LogP contribution in [0.2, 0.25) is 0 Å². The van der Waals surface area contributed by atoms with Crippen molar-refractivity contribution in [3.63, 3.8) is 0 Å². The summed E-state index contributed by atoms with van der Waals surface area (Å²) in [5, 5.41) is 18.5. The van der Waals surface area contributed by atoms with Crippen LogP contribution in [0.3, 0.4) is 0 Å². The number of thiophene rings is 1. The van der Waals surface area contributed by atoms with Crippen molar-refractivity contribution in [1.29, 1.82) is 5.26 Å². The monoisotopic (exact) mass is 345 g/mol. The van der Waals surface area contributed by atoms with Gasteiger partial charge in [-0.2, -0.15) is 10.4 Å². The lowest BCUT2D eigenvalue weighted by Crippen LogP contribution is -2.47. The number of ether oxygens (including phenoxy) is 1. The van der Waals surface area contributed by atoms with Crippen LogP contribution in [0.4, 0.5) is 5.00 Å². The van der Waals surface area contributed by atoms with Gasteiger partial charge in [-0.05, 0) is 23.9 Å². The largest absolute Gasteiger partial charge is 0.374 e. The van der Waals surface area contributed by atoms with Crippen molar-refractivity contribution < 1.29 is 9.53 Å². The third-order valence-corrected chi connectivity index (χ3v) is 4.61. The number of anilines is 1. The summed E-state index contributed by atoms with van der Waals surface area (Å²) in [6.45, 7) is 4.97. The molecule has 24 heavy (non-hydrogen) atoms. The van der Waals surface area contributed by atoms with E-state index in [4.69, 9.17) is 10.00 Å². The molecule has 1 aliphatic heterocycles. The summed E-state index contributed by atoms with van der Waals surface area (Å²) in [6.07, 6.45) is 3.82. The van der Waals surface area contributed by atoms with Crippen LogP contribution in [-0.4, -0.2) is 52.9 Å². The quantitative estimate of drug-likeness (QED) is 0.887. The van der Waals surface area contributed by atoms with Gasteiger partial charge < -0.3 is 10.1 Å². The van der Waals surface area contributed by atoms with Gasteiger partial charge in [0.2, 0.25) is 5.91 Å². The number of hydrogen-bond acceptors (Lipinski definition) is 6. The number of nitrogens with zero attached hydrogens (tertiary/aromatic N) is 4. The Bertz CT molecular complexity index is 748. The number of morpholine rings is 1. The maximum absolute atomic E-state index is 12.2. The van der Waals surface area contributed by atoms with Gasteiger partial charge in [0.15, 0.2) is 0 Å². The molecule has 0 unspecified atom stereocenters. The molecule has 7 nitrogen and oxygen atoms in total. The molecule has 1 aliphatic rings. The number of aryl methyl sites for hydroxylation is 1. The van der Waals surface area contributed by atoms with Gasteiger partial charge in [0.1, 0.15) is 11.1 Å². The summed E-state index contributed by atoms with van der Waals surface area (Å²) < 4.78 is 7.64. The van der Waals surface area contributed by atoms with Crippen molar-refractivity contribution >= 4 is 22.2 Å². The summed E-state index contributed by atoms with van der Waals surface area (Å²) in [6, 6.07) is 3.78. The second kappa shape index (κ2) is 7.57. The van der Waals surface area contributed by atoms with Crippen LogP contribution in [0.5, 0.6) is 0 Å². The lowest BCUT2D eigenvalue weighted by atomic mass is 10.2. The minimum absolute atomic E-state index is 0.0160. The number of hydrogen-bond donors (Lipinski definition) is 1. The van der Waals surface area contributed by atoms with E-state index in [0.29, 0.717) is 36.8 Å². The first-order valence-corrected chi connectivity index (χ1v) is 8.62. The maximum atomic E-state index is 12.2. The number of nitriles is 1. The molecule has 1 saturated heterocycles. The minimum atomic E-state index is -0.107. The van der Waals surface area contributed by atoms with Crippen molar-refractivity contribution in [2.24, 2.45) is 0 Å². The molecule has 1 atom stereocenters. The third-order valence-electron chi connectivity index (χ3n) is 3.78. The van der Waals surface area contributed by atoms with Crippen molar-refractivity contribution in [2.75, 3.05) is 31.6 Å². The molecule has 126 valence electrons. The average molecular weight is 345 g/mol. The molecule has 1 amide bonds. The van der Waals surface area contributed by atoms with E-state index < -0.39 is 0 Å². The van der Waals surface area contributed by atoms with Gasteiger partial charge in [-0.25, -0.2) is 0 Å². The zero-order chi connectivity index (χ0) is 16.9. The first-order valence-electron chi connectivity index (χ1n) is 7.74. The van der Waals surface area contributed by atoms with E-state index in [0.717, 1.165) is 12.1 Å². The molecular formula is C16H19N5O2S. The Morgan fingerprint density at radius 1 is 1.62 bits per heavy atom. The van der Waals surface area contributed by atoms with Gasteiger partial charge in [-0.15, -0.1) is 11.3 Å². The lowest BCUT2D eigenvalue weighted by molar-refractivity contribution is -0.119. The van der Waals surface area contributed by atoms with Crippen molar-refractivity contribution in [3.05, 3.63) is 35.0 Å². The number of aromatic nitrogens is 2. The molecule has 0 bridgehead atoms. The molecule has 8 heteroatoms. The highest BCUT2D eigenvalue weighted by molar-refractivity contribution is 7.14. The highest BCUT2D eigenvalue weighted by Gasteiger charge is 2.23. The fourth-order valence-electron chi connectivity index (χ4n) is 2.67. The van der Waals surface area contributed by atoms with E-state index in [9.17, 15) is 4.79 Å². The zero-order valence-electron chi connectivity index (χ0n) is 13.4. The van der Waals surface area contributed by atoms with Crippen molar-refractivity contribution in [2.45, 2.75) is 19.6 Å². The molecular weight excluding hydrogens is 326 g/mol. The molecule has 1 fully saturated rings. The van der Waals surface area contributed by atoms with Crippen LogP contribution < -0.4 is 5.32 Å². The van der Waals surface area contributed by atoms with Gasteiger partial charge in [-0.1, -0.05) is 0 Å². The zero-order valence-corrected chi connectivity index (χ0v) is 14.3. The lowest BCUT2D eigenvalue weighted by Gasteiger charge is -2.32. The summed E-state index contributed by atoms with van der Waals surface area (Å²) >= 11 is 1.36. The van der Waals surface area contributed by atoms with E-state index in [-0.39, 0.29) is 12.0 Å². The highest BCUT2D eigenvalue weighted by atomic mass is 32.1. The Morgan fingerprint density at radius 3 is 3.25 bits per heavy atom. The molecule has 0 radical (unpaired) electrons. The Morgan fingerprint density at radius 2 is 2.50 bits per heavy atom. The highest BCUT2D eigenvalue weighted by Crippen LogP contribution is 2.22. The predicted octanol–water partition coefficient (Wildman–Crippen LogP) is 1.46. The third kappa shape index (κ3) is 4.20. The minimum Gasteiger partial charge on any atom is -0.374 e. The topological polar surface area (TPSA) is 83.2 Å². The molecule has 0 saturated carbocycles. The molecule has 2 aromatic rings. The molecule has 0 aromatic carbocycles. The van der Waals surface area contributed by atoms with Crippen LogP contribution >= 0.6 is 11.3 Å². The van der Waals surface area contributed by atoms with Crippen LogP contribution in [0.25, 0.3) is 0 Å². The Hall–Kier alpha value is -2.21. The molecule has 0 spiro atoms. The summed E-state index contributed by atoms with van der Waals surface area (Å²) in [5.41, 5.74) is 1.62. The Balaban J connectivity index is 1.51. The van der Waals surface area contributed by atoms with E-state index in [1.807, 2.05) is 24.0 Å². The van der Waals surface area contributed by atoms with Gasteiger partial charge in [0.05, 0.1) is 37.6 Å². The molecule has 0 aliphatic carbocycles. The second-order valence-corrected chi connectivity index (χ2v) is 6.71. The average Bonchev–Trinajstić information content (AvgIpc) is 3.16.